The third-order valence-corrected chi connectivity index (χ3v) is 3.16. The molecule has 0 amide bonds. The molecule has 1 saturated heterocycles. The molecule has 3 heteroatoms. The summed E-state index contributed by atoms with van der Waals surface area (Å²) < 4.78 is 5.34. The fourth-order valence-electron chi connectivity index (χ4n) is 2.36. The van der Waals surface area contributed by atoms with E-state index in [4.69, 9.17) is 4.42 Å². The molecular weight excluding hydrogens is 190 g/mol. The van der Waals surface area contributed by atoms with Crippen LogP contribution in [0.4, 0.5) is 0 Å². The largest absolute Gasteiger partial charge is 0.468 e. The molecular formula is C12H19NO2. The molecule has 0 aliphatic carbocycles. The number of furan rings is 1. The van der Waals surface area contributed by atoms with Crippen molar-refractivity contribution in [2.75, 3.05) is 6.54 Å². The molecule has 1 aromatic heterocycles. The van der Waals surface area contributed by atoms with E-state index in [0.29, 0.717) is 6.04 Å². The Morgan fingerprint density at radius 2 is 2.47 bits per heavy atom. The van der Waals surface area contributed by atoms with Gasteiger partial charge in [0.2, 0.25) is 0 Å². The van der Waals surface area contributed by atoms with Crippen LogP contribution in [0.1, 0.15) is 31.9 Å². The van der Waals surface area contributed by atoms with Gasteiger partial charge in [0, 0.05) is 6.04 Å². The molecule has 84 valence electrons. The van der Waals surface area contributed by atoms with E-state index in [1.165, 1.54) is 12.8 Å². The molecule has 2 atom stereocenters. The highest BCUT2D eigenvalue weighted by atomic mass is 16.3. The standard InChI is InChI=1S/C12H19NO2/c1-10(14)12-6-2-3-7-13(12)9-11-5-4-8-15-11/h4-5,8,10,12,14H,2-3,6-7,9H2,1H3. The number of aliphatic hydroxyl groups excluding tert-OH is 1. The Balaban J connectivity index is 1.99. The van der Waals surface area contributed by atoms with Gasteiger partial charge in [0.05, 0.1) is 18.9 Å². The minimum Gasteiger partial charge on any atom is -0.468 e. The SMILES string of the molecule is CC(O)C1CCCCN1Cc1ccco1. The van der Waals surface area contributed by atoms with E-state index >= 15 is 0 Å². The van der Waals surface area contributed by atoms with Gasteiger partial charge in [-0.2, -0.15) is 0 Å². The van der Waals surface area contributed by atoms with Crippen LogP contribution in [-0.4, -0.2) is 28.7 Å². The van der Waals surface area contributed by atoms with Crippen LogP contribution >= 0.6 is 0 Å². The highest BCUT2D eigenvalue weighted by Crippen LogP contribution is 2.22. The fraction of sp³-hybridized carbons (Fsp3) is 0.667. The van der Waals surface area contributed by atoms with Gasteiger partial charge in [0.1, 0.15) is 5.76 Å². The molecule has 0 bridgehead atoms. The lowest BCUT2D eigenvalue weighted by molar-refractivity contribution is 0.0280. The Hall–Kier alpha value is -0.800. The Labute approximate surface area is 90.7 Å². The van der Waals surface area contributed by atoms with Crippen molar-refractivity contribution in [2.24, 2.45) is 0 Å². The maximum Gasteiger partial charge on any atom is 0.117 e. The molecule has 15 heavy (non-hydrogen) atoms. The van der Waals surface area contributed by atoms with Crippen molar-refractivity contribution >= 4 is 0 Å². The van der Waals surface area contributed by atoms with Crippen LogP contribution in [0.15, 0.2) is 22.8 Å². The van der Waals surface area contributed by atoms with Gasteiger partial charge in [-0.1, -0.05) is 6.42 Å². The molecule has 0 aromatic carbocycles. The fourth-order valence-corrected chi connectivity index (χ4v) is 2.36. The molecule has 1 aliphatic rings. The monoisotopic (exact) mass is 209 g/mol. The number of likely N-dealkylation sites (tertiary alicyclic amines) is 1. The van der Waals surface area contributed by atoms with Gasteiger partial charge in [-0.25, -0.2) is 0 Å². The molecule has 0 saturated carbocycles. The maximum absolute atomic E-state index is 9.70. The van der Waals surface area contributed by atoms with E-state index in [2.05, 4.69) is 4.90 Å². The minimum atomic E-state index is -0.250. The van der Waals surface area contributed by atoms with E-state index in [0.717, 1.165) is 25.3 Å². The summed E-state index contributed by atoms with van der Waals surface area (Å²) in [6.45, 7) is 3.77. The highest BCUT2D eigenvalue weighted by Gasteiger charge is 2.26. The van der Waals surface area contributed by atoms with E-state index < -0.39 is 0 Å². The predicted molar refractivity (Wildman–Crippen MR) is 58.4 cm³/mol. The zero-order chi connectivity index (χ0) is 10.7. The summed E-state index contributed by atoms with van der Waals surface area (Å²) in [7, 11) is 0. The number of rotatable bonds is 3. The van der Waals surface area contributed by atoms with Gasteiger partial charge in [-0.3, -0.25) is 4.90 Å². The average Bonchev–Trinajstić information content (AvgIpc) is 2.71. The molecule has 1 N–H and O–H groups in total. The first-order valence-corrected chi connectivity index (χ1v) is 5.72. The van der Waals surface area contributed by atoms with Crippen molar-refractivity contribution in [3.63, 3.8) is 0 Å². The van der Waals surface area contributed by atoms with Crippen molar-refractivity contribution in [1.29, 1.82) is 0 Å². The number of aliphatic hydroxyl groups is 1. The lowest BCUT2D eigenvalue weighted by Gasteiger charge is -2.36. The van der Waals surface area contributed by atoms with Gasteiger partial charge in [0.15, 0.2) is 0 Å². The summed E-state index contributed by atoms with van der Waals surface area (Å²) in [5, 5.41) is 9.70. The zero-order valence-corrected chi connectivity index (χ0v) is 9.22. The second-order valence-corrected chi connectivity index (χ2v) is 4.35. The number of piperidine rings is 1. The van der Waals surface area contributed by atoms with E-state index in [1.54, 1.807) is 6.26 Å². The summed E-state index contributed by atoms with van der Waals surface area (Å²) in [5.41, 5.74) is 0. The molecule has 1 fully saturated rings. The second-order valence-electron chi connectivity index (χ2n) is 4.35. The summed E-state index contributed by atoms with van der Waals surface area (Å²) in [6, 6.07) is 4.20. The molecule has 1 aliphatic heterocycles. The minimum absolute atomic E-state index is 0.250. The van der Waals surface area contributed by atoms with Crippen LogP contribution in [0.25, 0.3) is 0 Å². The van der Waals surface area contributed by atoms with Crippen LogP contribution in [-0.2, 0) is 6.54 Å². The van der Waals surface area contributed by atoms with Crippen LogP contribution in [0, 0.1) is 0 Å². The van der Waals surface area contributed by atoms with E-state index in [1.807, 2.05) is 19.1 Å². The molecule has 1 aromatic rings. The first-order chi connectivity index (χ1) is 7.27. The third kappa shape index (κ3) is 2.61. The van der Waals surface area contributed by atoms with Crippen molar-refractivity contribution in [3.05, 3.63) is 24.2 Å². The lowest BCUT2D eigenvalue weighted by Crippen LogP contribution is -2.45. The Bertz CT molecular complexity index is 282. The Morgan fingerprint density at radius 3 is 3.13 bits per heavy atom. The predicted octanol–water partition coefficient (Wildman–Crippen LogP) is 2.01. The summed E-state index contributed by atoms with van der Waals surface area (Å²) in [5.74, 6) is 0.988. The van der Waals surface area contributed by atoms with E-state index in [9.17, 15) is 5.11 Å². The van der Waals surface area contributed by atoms with Gasteiger partial charge in [-0.05, 0) is 38.4 Å². The maximum atomic E-state index is 9.70. The second kappa shape index (κ2) is 4.81. The van der Waals surface area contributed by atoms with Crippen LogP contribution in [0.5, 0.6) is 0 Å². The van der Waals surface area contributed by atoms with Gasteiger partial charge in [0.25, 0.3) is 0 Å². The average molecular weight is 209 g/mol. The van der Waals surface area contributed by atoms with Crippen molar-refractivity contribution < 1.29 is 9.52 Å². The molecule has 2 rings (SSSR count). The van der Waals surface area contributed by atoms with E-state index in [-0.39, 0.29) is 6.10 Å². The smallest absolute Gasteiger partial charge is 0.117 e. The summed E-state index contributed by atoms with van der Waals surface area (Å²) >= 11 is 0. The number of nitrogens with zero attached hydrogens (tertiary/aromatic N) is 1. The lowest BCUT2D eigenvalue weighted by atomic mass is 9.98. The van der Waals surface area contributed by atoms with Crippen molar-refractivity contribution in [1.82, 2.24) is 4.90 Å². The normalized spacial score (nSPS) is 25.3. The van der Waals surface area contributed by atoms with Crippen molar-refractivity contribution in [3.8, 4) is 0 Å². The molecule has 2 unspecified atom stereocenters. The first-order valence-electron chi connectivity index (χ1n) is 5.72. The van der Waals surface area contributed by atoms with Crippen LogP contribution < -0.4 is 0 Å². The zero-order valence-electron chi connectivity index (χ0n) is 9.22. The highest BCUT2D eigenvalue weighted by molar-refractivity contribution is 4.99. The first kappa shape index (κ1) is 10.7. The van der Waals surface area contributed by atoms with Crippen LogP contribution in [0.3, 0.4) is 0 Å². The quantitative estimate of drug-likeness (QED) is 0.827. The molecule has 2 heterocycles. The van der Waals surface area contributed by atoms with Crippen molar-refractivity contribution in [2.45, 2.75) is 44.9 Å². The number of hydrogen-bond acceptors (Lipinski definition) is 3. The molecule has 0 radical (unpaired) electrons. The number of hydrogen-bond donors (Lipinski definition) is 1. The Morgan fingerprint density at radius 1 is 1.60 bits per heavy atom. The van der Waals surface area contributed by atoms with Gasteiger partial charge >= 0.3 is 0 Å². The summed E-state index contributed by atoms with van der Waals surface area (Å²) in [4.78, 5) is 2.33. The molecule has 0 spiro atoms. The topological polar surface area (TPSA) is 36.6 Å². The van der Waals surface area contributed by atoms with Crippen LogP contribution in [0.2, 0.25) is 0 Å². The molecule has 3 nitrogen and oxygen atoms in total. The van der Waals surface area contributed by atoms with Gasteiger partial charge < -0.3 is 9.52 Å². The Kier molecular flexibility index (Phi) is 3.44. The third-order valence-electron chi connectivity index (χ3n) is 3.16. The van der Waals surface area contributed by atoms with Gasteiger partial charge in [-0.15, -0.1) is 0 Å². The summed E-state index contributed by atoms with van der Waals surface area (Å²) in [6.07, 6.45) is 5.00.